The first-order valence-electron chi connectivity index (χ1n) is 8.67. The van der Waals surface area contributed by atoms with E-state index in [1.807, 2.05) is 12.1 Å². The van der Waals surface area contributed by atoms with Crippen LogP contribution in [-0.4, -0.2) is 48.5 Å². The van der Waals surface area contributed by atoms with E-state index in [-0.39, 0.29) is 28.8 Å². The van der Waals surface area contributed by atoms with Gasteiger partial charge in [0.2, 0.25) is 10.0 Å². The molecule has 2 heterocycles. The molecule has 3 rings (SSSR count). The Labute approximate surface area is 158 Å². The van der Waals surface area contributed by atoms with Gasteiger partial charge in [-0.2, -0.15) is 0 Å². The van der Waals surface area contributed by atoms with Crippen LogP contribution < -0.4 is 5.14 Å². The maximum absolute atomic E-state index is 12.9. The number of benzene rings is 1. The lowest BCUT2D eigenvalue weighted by molar-refractivity contribution is 0.0764. The molecule has 1 aromatic heterocycles. The van der Waals surface area contributed by atoms with Gasteiger partial charge in [-0.3, -0.25) is 9.78 Å². The Balaban J connectivity index is 1.82. The van der Waals surface area contributed by atoms with Gasteiger partial charge in [-0.25, -0.2) is 13.6 Å². The lowest BCUT2D eigenvalue weighted by Crippen LogP contribution is -2.30. The van der Waals surface area contributed by atoms with Crippen molar-refractivity contribution in [2.24, 2.45) is 11.1 Å². The molecular weight excluding hydrogens is 366 g/mol. The standard InChI is InChI=1S/C19H23N3O4S/c1-12-7-15(9-18(13(12)2)27(20,25)26)19(24)22-10-16(17(23)11-22)8-14-3-5-21-6-4-14/h3-7,9,16-17,23H,8,10-11H2,1-2H3,(H2,20,25,26)/t16-,17+/m1/s1. The topological polar surface area (TPSA) is 114 Å². The number of carbonyl (C=O) groups excluding carboxylic acids is 1. The van der Waals surface area contributed by atoms with E-state index >= 15 is 0 Å². The van der Waals surface area contributed by atoms with Crippen molar-refractivity contribution in [1.29, 1.82) is 0 Å². The van der Waals surface area contributed by atoms with Gasteiger partial charge >= 0.3 is 0 Å². The number of primary sulfonamides is 1. The van der Waals surface area contributed by atoms with E-state index in [9.17, 15) is 18.3 Å². The van der Waals surface area contributed by atoms with E-state index in [0.29, 0.717) is 24.1 Å². The SMILES string of the molecule is Cc1cc(C(=O)N2C[C@@H](Cc3ccncc3)[C@@H](O)C2)cc(S(N)(=O)=O)c1C. The molecule has 1 aliphatic heterocycles. The molecule has 27 heavy (non-hydrogen) atoms. The molecule has 3 N–H and O–H groups in total. The van der Waals surface area contributed by atoms with E-state index in [4.69, 9.17) is 5.14 Å². The third-order valence-corrected chi connectivity index (χ3v) is 6.15. The van der Waals surface area contributed by atoms with Gasteiger partial charge in [-0.15, -0.1) is 0 Å². The normalized spacial score (nSPS) is 20.1. The summed E-state index contributed by atoms with van der Waals surface area (Å²) in [5.74, 6) is -0.389. The van der Waals surface area contributed by atoms with Crippen LogP contribution in [-0.2, 0) is 16.4 Å². The zero-order valence-electron chi connectivity index (χ0n) is 15.3. The molecule has 0 unspecified atom stereocenters. The molecule has 1 fully saturated rings. The molecule has 1 aromatic carbocycles. The van der Waals surface area contributed by atoms with E-state index in [2.05, 4.69) is 4.98 Å². The van der Waals surface area contributed by atoms with Gasteiger partial charge in [0.25, 0.3) is 5.91 Å². The number of aryl methyl sites for hydroxylation is 1. The van der Waals surface area contributed by atoms with Crippen LogP contribution >= 0.6 is 0 Å². The number of likely N-dealkylation sites (tertiary alicyclic amines) is 1. The number of hydrogen-bond donors (Lipinski definition) is 2. The second-order valence-electron chi connectivity index (χ2n) is 7.06. The number of sulfonamides is 1. The van der Waals surface area contributed by atoms with Gasteiger partial charge < -0.3 is 10.0 Å². The fraction of sp³-hybridized carbons (Fsp3) is 0.368. The first kappa shape index (κ1) is 19.5. The number of pyridine rings is 1. The van der Waals surface area contributed by atoms with Crippen molar-refractivity contribution in [3.05, 3.63) is 58.9 Å². The van der Waals surface area contributed by atoms with Crippen LogP contribution in [0.15, 0.2) is 41.6 Å². The molecule has 0 bridgehead atoms. The smallest absolute Gasteiger partial charge is 0.254 e. The van der Waals surface area contributed by atoms with Crippen LogP contribution in [0.5, 0.6) is 0 Å². The molecule has 0 radical (unpaired) electrons. The zero-order chi connectivity index (χ0) is 19.8. The van der Waals surface area contributed by atoms with Crippen molar-refractivity contribution in [1.82, 2.24) is 9.88 Å². The molecule has 2 aromatic rings. The summed E-state index contributed by atoms with van der Waals surface area (Å²) in [6.45, 7) is 4.02. The number of aliphatic hydroxyl groups is 1. The highest BCUT2D eigenvalue weighted by Gasteiger charge is 2.34. The minimum absolute atomic E-state index is 0.0427. The lowest BCUT2D eigenvalue weighted by Gasteiger charge is -2.18. The maximum atomic E-state index is 12.9. The Kier molecular flexibility index (Phi) is 5.32. The Morgan fingerprint density at radius 1 is 1.26 bits per heavy atom. The number of hydrogen-bond acceptors (Lipinski definition) is 5. The zero-order valence-corrected chi connectivity index (χ0v) is 16.1. The predicted octanol–water partition coefficient (Wildman–Crippen LogP) is 1.02. The van der Waals surface area contributed by atoms with Gasteiger partial charge in [-0.1, -0.05) is 0 Å². The fourth-order valence-corrected chi connectivity index (χ4v) is 4.35. The summed E-state index contributed by atoms with van der Waals surface area (Å²) in [5, 5.41) is 15.7. The highest BCUT2D eigenvalue weighted by molar-refractivity contribution is 7.89. The third kappa shape index (κ3) is 4.18. The van der Waals surface area contributed by atoms with Crippen molar-refractivity contribution in [3.63, 3.8) is 0 Å². The largest absolute Gasteiger partial charge is 0.391 e. The minimum Gasteiger partial charge on any atom is -0.391 e. The van der Waals surface area contributed by atoms with Crippen LogP contribution in [0.1, 0.15) is 27.0 Å². The van der Waals surface area contributed by atoms with Crippen LogP contribution in [0.2, 0.25) is 0 Å². The highest BCUT2D eigenvalue weighted by atomic mass is 32.2. The summed E-state index contributed by atoms with van der Waals surface area (Å²) in [4.78, 5) is 18.4. The predicted molar refractivity (Wildman–Crippen MR) is 101 cm³/mol. The van der Waals surface area contributed by atoms with Crippen LogP contribution in [0, 0.1) is 19.8 Å². The van der Waals surface area contributed by atoms with Gasteiger partial charge in [0.1, 0.15) is 0 Å². The van der Waals surface area contributed by atoms with Crippen LogP contribution in [0.3, 0.4) is 0 Å². The van der Waals surface area contributed by atoms with Gasteiger partial charge in [0.15, 0.2) is 0 Å². The number of rotatable bonds is 4. The number of nitrogens with zero attached hydrogens (tertiary/aromatic N) is 2. The molecule has 2 atom stereocenters. The summed E-state index contributed by atoms with van der Waals surface area (Å²) in [6, 6.07) is 6.76. The van der Waals surface area contributed by atoms with E-state index < -0.39 is 16.1 Å². The summed E-state index contributed by atoms with van der Waals surface area (Å²) in [5.41, 5.74) is 2.52. The summed E-state index contributed by atoms with van der Waals surface area (Å²) < 4.78 is 23.6. The Bertz CT molecular complexity index is 960. The number of aromatic nitrogens is 1. The van der Waals surface area contributed by atoms with Crippen LogP contribution in [0.4, 0.5) is 0 Å². The first-order valence-corrected chi connectivity index (χ1v) is 10.2. The average Bonchev–Trinajstić information content (AvgIpc) is 2.97. The number of amides is 1. The summed E-state index contributed by atoms with van der Waals surface area (Å²) >= 11 is 0. The van der Waals surface area contributed by atoms with Crippen molar-refractivity contribution < 1.29 is 18.3 Å². The maximum Gasteiger partial charge on any atom is 0.254 e. The quantitative estimate of drug-likeness (QED) is 0.810. The van der Waals surface area contributed by atoms with E-state index in [0.717, 1.165) is 5.56 Å². The minimum atomic E-state index is -3.92. The van der Waals surface area contributed by atoms with Crippen molar-refractivity contribution in [2.75, 3.05) is 13.1 Å². The number of aliphatic hydroxyl groups excluding tert-OH is 1. The number of nitrogens with two attached hydrogens (primary N) is 1. The summed E-state index contributed by atoms with van der Waals surface area (Å²) in [7, 11) is -3.92. The number of carbonyl (C=O) groups is 1. The fourth-order valence-electron chi connectivity index (χ4n) is 3.47. The van der Waals surface area contributed by atoms with Gasteiger partial charge in [0.05, 0.1) is 11.0 Å². The van der Waals surface area contributed by atoms with Gasteiger partial charge in [-0.05, 0) is 61.2 Å². The molecular formula is C19H23N3O4S. The molecule has 0 spiro atoms. The molecule has 7 nitrogen and oxygen atoms in total. The molecule has 1 saturated heterocycles. The molecule has 1 aliphatic rings. The van der Waals surface area contributed by atoms with Gasteiger partial charge in [0, 0.05) is 37.0 Å². The Morgan fingerprint density at radius 2 is 1.93 bits per heavy atom. The number of β-amino-alcohol motifs (C(OH)–C–C–N with tert-alkyl or cyclic N) is 1. The first-order chi connectivity index (χ1) is 12.7. The molecule has 0 aliphatic carbocycles. The average molecular weight is 389 g/mol. The summed E-state index contributed by atoms with van der Waals surface area (Å²) in [6.07, 6.45) is 3.40. The third-order valence-electron chi connectivity index (χ3n) is 5.11. The monoisotopic (exact) mass is 389 g/mol. The second-order valence-corrected chi connectivity index (χ2v) is 8.59. The van der Waals surface area contributed by atoms with E-state index in [1.165, 1.54) is 6.07 Å². The van der Waals surface area contributed by atoms with Crippen LogP contribution in [0.25, 0.3) is 0 Å². The molecule has 0 saturated carbocycles. The lowest BCUT2D eigenvalue weighted by atomic mass is 9.97. The second kappa shape index (κ2) is 7.38. The molecule has 1 amide bonds. The highest BCUT2D eigenvalue weighted by Crippen LogP contribution is 2.25. The van der Waals surface area contributed by atoms with E-state index in [1.54, 1.807) is 37.2 Å². The van der Waals surface area contributed by atoms with Crippen molar-refractivity contribution >= 4 is 15.9 Å². The molecule has 8 heteroatoms. The van der Waals surface area contributed by atoms with Crippen molar-refractivity contribution in [3.8, 4) is 0 Å². The Morgan fingerprint density at radius 3 is 2.56 bits per heavy atom. The van der Waals surface area contributed by atoms with Crippen molar-refractivity contribution in [2.45, 2.75) is 31.3 Å². The Hall–Kier alpha value is -2.29. The molecule has 144 valence electrons.